The Labute approximate surface area is 98.0 Å². The fourth-order valence-corrected chi connectivity index (χ4v) is 2.44. The Balaban J connectivity index is 1.91. The van der Waals surface area contributed by atoms with Gasteiger partial charge in [0.05, 0.1) is 7.11 Å². The molecule has 1 N–H and O–H groups in total. The normalized spacial score (nSPS) is 20.0. The molecule has 16 heavy (non-hydrogen) atoms. The van der Waals surface area contributed by atoms with E-state index in [1.54, 1.807) is 7.11 Å². The summed E-state index contributed by atoms with van der Waals surface area (Å²) in [7, 11) is 1.73. The van der Waals surface area contributed by atoms with Gasteiger partial charge in [-0.2, -0.15) is 0 Å². The molecule has 2 rings (SSSR count). The highest BCUT2D eigenvalue weighted by molar-refractivity contribution is 5.36. The van der Waals surface area contributed by atoms with E-state index in [1.807, 2.05) is 0 Å². The van der Waals surface area contributed by atoms with Gasteiger partial charge in [0.15, 0.2) is 0 Å². The van der Waals surface area contributed by atoms with Gasteiger partial charge < -0.3 is 10.1 Å². The Morgan fingerprint density at radius 1 is 1.44 bits per heavy atom. The van der Waals surface area contributed by atoms with E-state index in [9.17, 15) is 0 Å². The predicted molar refractivity (Wildman–Crippen MR) is 67.1 cm³/mol. The van der Waals surface area contributed by atoms with Crippen LogP contribution < -0.4 is 10.1 Å². The molecule has 0 bridgehead atoms. The van der Waals surface area contributed by atoms with Crippen LogP contribution in [0.25, 0.3) is 0 Å². The molecule has 2 nitrogen and oxygen atoms in total. The first-order valence-corrected chi connectivity index (χ1v) is 6.16. The van der Waals surface area contributed by atoms with E-state index >= 15 is 0 Å². The Morgan fingerprint density at radius 2 is 2.31 bits per heavy atom. The molecule has 88 valence electrons. The third-order valence-electron chi connectivity index (χ3n) is 3.40. The molecular weight excluding hydrogens is 198 g/mol. The first-order valence-electron chi connectivity index (χ1n) is 6.16. The molecular formula is C14H21NO. The molecule has 1 heterocycles. The number of methoxy groups -OCH3 is 1. The fourth-order valence-electron chi connectivity index (χ4n) is 2.44. The maximum atomic E-state index is 5.27. The van der Waals surface area contributed by atoms with Crippen molar-refractivity contribution in [3.8, 4) is 5.75 Å². The first-order chi connectivity index (χ1) is 7.79. The highest BCUT2D eigenvalue weighted by atomic mass is 16.5. The number of hydrogen-bond acceptors (Lipinski definition) is 2. The van der Waals surface area contributed by atoms with Crippen molar-refractivity contribution in [2.45, 2.75) is 38.6 Å². The lowest BCUT2D eigenvalue weighted by molar-refractivity contribution is 0.411. The van der Waals surface area contributed by atoms with E-state index in [4.69, 9.17) is 4.74 Å². The number of benzene rings is 1. The third kappa shape index (κ3) is 2.76. The molecule has 1 aromatic carbocycles. The Kier molecular flexibility index (Phi) is 3.83. The highest BCUT2D eigenvalue weighted by Gasteiger charge is 2.13. The van der Waals surface area contributed by atoms with Gasteiger partial charge in [0.2, 0.25) is 0 Å². The van der Waals surface area contributed by atoms with Crippen LogP contribution in [0.15, 0.2) is 18.2 Å². The van der Waals surface area contributed by atoms with Crippen molar-refractivity contribution in [3.63, 3.8) is 0 Å². The molecule has 0 aliphatic carbocycles. The molecule has 0 amide bonds. The molecule has 0 radical (unpaired) electrons. The largest absolute Gasteiger partial charge is 0.496 e. The zero-order valence-electron chi connectivity index (χ0n) is 10.3. The maximum Gasteiger partial charge on any atom is 0.121 e. The van der Waals surface area contributed by atoms with Crippen LogP contribution in [0.1, 0.15) is 30.4 Å². The van der Waals surface area contributed by atoms with Gasteiger partial charge in [-0.05, 0) is 56.3 Å². The first kappa shape index (κ1) is 11.5. The topological polar surface area (TPSA) is 21.3 Å². The van der Waals surface area contributed by atoms with E-state index in [0.29, 0.717) is 0 Å². The van der Waals surface area contributed by atoms with Crippen molar-refractivity contribution in [1.82, 2.24) is 5.32 Å². The molecule has 1 saturated heterocycles. The van der Waals surface area contributed by atoms with Crippen molar-refractivity contribution < 1.29 is 4.74 Å². The summed E-state index contributed by atoms with van der Waals surface area (Å²) in [6, 6.07) is 7.24. The van der Waals surface area contributed by atoms with Crippen LogP contribution in [0.5, 0.6) is 5.75 Å². The summed E-state index contributed by atoms with van der Waals surface area (Å²) in [5, 5.41) is 3.54. The monoisotopic (exact) mass is 219 g/mol. The molecule has 1 aliphatic rings. The number of nitrogens with one attached hydrogen (secondary N) is 1. The van der Waals surface area contributed by atoms with Gasteiger partial charge in [-0.25, -0.2) is 0 Å². The number of hydrogen-bond donors (Lipinski definition) is 1. The van der Waals surface area contributed by atoms with Gasteiger partial charge in [-0.1, -0.05) is 12.1 Å². The molecule has 1 atom stereocenters. The van der Waals surface area contributed by atoms with Crippen molar-refractivity contribution in [2.75, 3.05) is 13.7 Å². The van der Waals surface area contributed by atoms with Crippen LogP contribution >= 0.6 is 0 Å². The third-order valence-corrected chi connectivity index (χ3v) is 3.40. The summed E-state index contributed by atoms with van der Waals surface area (Å²) in [4.78, 5) is 0. The smallest absolute Gasteiger partial charge is 0.121 e. The van der Waals surface area contributed by atoms with Gasteiger partial charge >= 0.3 is 0 Å². The average Bonchev–Trinajstić information content (AvgIpc) is 2.79. The SMILES string of the molecule is COc1ccc(CCC2CCCN2)cc1C. The Hall–Kier alpha value is -1.02. The van der Waals surface area contributed by atoms with Gasteiger partial charge in [0.1, 0.15) is 5.75 Å². The second-order valence-electron chi connectivity index (χ2n) is 4.64. The molecule has 1 aromatic rings. The van der Waals surface area contributed by atoms with Gasteiger partial charge in [-0.15, -0.1) is 0 Å². The van der Waals surface area contributed by atoms with Crippen LogP contribution in [0.4, 0.5) is 0 Å². The van der Waals surface area contributed by atoms with Crippen LogP contribution in [-0.2, 0) is 6.42 Å². The second kappa shape index (κ2) is 5.35. The van der Waals surface area contributed by atoms with Crippen LogP contribution in [0.3, 0.4) is 0 Å². The molecule has 0 aromatic heterocycles. The second-order valence-corrected chi connectivity index (χ2v) is 4.64. The zero-order chi connectivity index (χ0) is 11.4. The van der Waals surface area contributed by atoms with E-state index in [0.717, 1.165) is 11.8 Å². The number of ether oxygens (including phenoxy) is 1. The molecule has 0 spiro atoms. The lowest BCUT2D eigenvalue weighted by Crippen LogP contribution is -2.21. The summed E-state index contributed by atoms with van der Waals surface area (Å²) >= 11 is 0. The van der Waals surface area contributed by atoms with E-state index in [1.165, 1.54) is 43.4 Å². The average molecular weight is 219 g/mol. The summed E-state index contributed by atoms with van der Waals surface area (Å²) in [6.07, 6.45) is 5.11. The summed E-state index contributed by atoms with van der Waals surface area (Å²) < 4.78 is 5.27. The van der Waals surface area contributed by atoms with Gasteiger partial charge in [-0.3, -0.25) is 0 Å². The fraction of sp³-hybridized carbons (Fsp3) is 0.571. The van der Waals surface area contributed by atoms with Crippen molar-refractivity contribution in [1.29, 1.82) is 0 Å². The molecule has 1 fully saturated rings. The molecule has 1 unspecified atom stereocenters. The van der Waals surface area contributed by atoms with Crippen molar-refractivity contribution >= 4 is 0 Å². The minimum Gasteiger partial charge on any atom is -0.496 e. The predicted octanol–water partition coefficient (Wildman–Crippen LogP) is 2.69. The maximum absolute atomic E-state index is 5.27. The minimum absolute atomic E-state index is 0.738. The standard InChI is InChI=1S/C14H21NO/c1-11-10-12(6-8-14(11)16-2)5-7-13-4-3-9-15-13/h6,8,10,13,15H,3-5,7,9H2,1-2H3. The van der Waals surface area contributed by atoms with E-state index in [2.05, 4.69) is 30.4 Å². The number of rotatable bonds is 4. The van der Waals surface area contributed by atoms with Crippen molar-refractivity contribution in [2.24, 2.45) is 0 Å². The molecule has 2 heteroatoms. The van der Waals surface area contributed by atoms with Gasteiger partial charge in [0, 0.05) is 6.04 Å². The van der Waals surface area contributed by atoms with Gasteiger partial charge in [0.25, 0.3) is 0 Å². The van der Waals surface area contributed by atoms with E-state index in [-0.39, 0.29) is 0 Å². The lowest BCUT2D eigenvalue weighted by atomic mass is 10.0. The van der Waals surface area contributed by atoms with Crippen LogP contribution in [0, 0.1) is 6.92 Å². The van der Waals surface area contributed by atoms with Crippen molar-refractivity contribution in [3.05, 3.63) is 29.3 Å². The summed E-state index contributed by atoms with van der Waals surface area (Å²) in [5.41, 5.74) is 2.66. The quantitative estimate of drug-likeness (QED) is 0.840. The Morgan fingerprint density at radius 3 is 2.94 bits per heavy atom. The van der Waals surface area contributed by atoms with E-state index < -0.39 is 0 Å². The molecule has 1 aliphatic heterocycles. The Bertz CT molecular complexity index is 343. The number of aryl methyl sites for hydroxylation is 2. The summed E-state index contributed by atoms with van der Waals surface area (Å²) in [6.45, 7) is 3.31. The highest BCUT2D eigenvalue weighted by Crippen LogP contribution is 2.20. The van der Waals surface area contributed by atoms with Crippen LogP contribution in [-0.4, -0.2) is 19.7 Å². The zero-order valence-corrected chi connectivity index (χ0v) is 10.3. The molecule has 0 saturated carbocycles. The lowest BCUT2D eigenvalue weighted by Gasteiger charge is -2.11. The minimum atomic E-state index is 0.738. The summed E-state index contributed by atoms with van der Waals surface area (Å²) in [5.74, 6) is 0.989. The van der Waals surface area contributed by atoms with Crippen LogP contribution in [0.2, 0.25) is 0 Å².